The van der Waals surface area contributed by atoms with Gasteiger partial charge in [0.1, 0.15) is 0 Å². The lowest BCUT2D eigenvalue weighted by Crippen LogP contribution is -2.49. The molecule has 0 spiro atoms. The van der Waals surface area contributed by atoms with Crippen molar-refractivity contribution in [3.63, 3.8) is 0 Å². The van der Waals surface area contributed by atoms with Gasteiger partial charge in [0, 0.05) is 12.6 Å². The molecule has 0 unspecified atom stereocenters. The molecule has 2 fully saturated rings. The summed E-state index contributed by atoms with van der Waals surface area (Å²) in [5.74, 6) is 0.910. The summed E-state index contributed by atoms with van der Waals surface area (Å²) < 4.78 is 5.96. The van der Waals surface area contributed by atoms with Crippen molar-refractivity contribution in [2.45, 2.75) is 64.7 Å². The minimum atomic E-state index is 0.0357. The van der Waals surface area contributed by atoms with Crippen molar-refractivity contribution >= 4 is 0 Å². The number of likely N-dealkylation sites (tertiary alicyclic amines) is 1. The van der Waals surface area contributed by atoms with Gasteiger partial charge >= 0.3 is 0 Å². The van der Waals surface area contributed by atoms with Crippen molar-refractivity contribution in [3.05, 3.63) is 0 Å². The molecule has 1 heterocycles. The highest BCUT2D eigenvalue weighted by molar-refractivity contribution is 4.91. The lowest BCUT2D eigenvalue weighted by molar-refractivity contribution is -0.118. The van der Waals surface area contributed by atoms with E-state index in [1.165, 1.54) is 32.4 Å². The zero-order valence-corrected chi connectivity index (χ0v) is 10.6. The summed E-state index contributed by atoms with van der Waals surface area (Å²) in [5, 5.41) is 0. The fourth-order valence-corrected chi connectivity index (χ4v) is 2.73. The van der Waals surface area contributed by atoms with Crippen LogP contribution in [0.3, 0.4) is 0 Å². The maximum atomic E-state index is 5.96. The smallest absolute Gasteiger partial charge is 0.0612 e. The molecule has 1 aliphatic carbocycles. The molecule has 2 aliphatic rings. The predicted octanol–water partition coefficient (Wildman–Crippen LogP) is 2.67. The lowest BCUT2D eigenvalue weighted by atomic mass is 9.87. The number of nitrogens with zero attached hydrogens (tertiary/aromatic N) is 1. The summed E-state index contributed by atoms with van der Waals surface area (Å²) in [6.45, 7) is 11.4. The van der Waals surface area contributed by atoms with Gasteiger partial charge in [-0.1, -0.05) is 6.92 Å². The largest absolute Gasteiger partial charge is 0.373 e. The van der Waals surface area contributed by atoms with E-state index in [9.17, 15) is 0 Å². The van der Waals surface area contributed by atoms with Gasteiger partial charge in [0.2, 0.25) is 0 Å². The Bertz CT molecular complexity index is 215. The molecule has 0 aromatic heterocycles. The molecule has 0 amide bonds. The molecule has 2 nitrogen and oxygen atoms in total. The number of ether oxygens (including phenoxy) is 1. The monoisotopic (exact) mass is 211 g/mol. The average Bonchev–Trinajstić information content (AvgIpc) is 2.41. The second-order valence-corrected chi connectivity index (χ2v) is 6.37. The zero-order chi connectivity index (χ0) is 11.1. The minimum absolute atomic E-state index is 0.0357. The fourth-order valence-electron chi connectivity index (χ4n) is 2.73. The van der Waals surface area contributed by atoms with Gasteiger partial charge in [0.15, 0.2) is 0 Å². The Labute approximate surface area is 94.0 Å². The summed E-state index contributed by atoms with van der Waals surface area (Å²) in [7, 11) is 0. The van der Waals surface area contributed by atoms with Crippen LogP contribution >= 0.6 is 0 Å². The van der Waals surface area contributed by atoms with Crippen LogP contribution in [0.2, 0.25) is 0 Å². The fraction of sp³-hybridized carbons (Fsp3) is 1.00. The van der Waals surface area contributed by atoms with E-state index < -0.39 is 0 Å². The first kappa shape index (κ1) is 11.4. The molecule has 0 aromatic carbocycles. The van der Waals surface area contributed by atoms with E-state index >= 15 is 0 Å². The molecule has 0 radical (unpaired) electrons. The van der Waals surface area contributed by atoms with Gasteiger partial charge < -0.3 is 4.74 Å². The standard InChI is InChI=1S/C13H25NO/c1-10-5-6-14(9-10)11-7-12(8-11)15-13(2,3)4/h10-12H,5-9H2,1-4H3/t10-,11?,12?/m0/s1. The maximum absolute atomic E-state index is 5.96. The number of hydrogen-bond acceptors (Lipinski definition) is 2. The Kier molecular flexibility index (Phi) is 3.09. The molecule has 1 aliphatic heterocycles. The summed E-state index contributed by atoms with van der Waals surface area (Å²) in [4.78, 5) is 2.66. The van der Waals surface area contributed by atoms with Gasteiger partial charge in [-0.3, -0.25) is 4.90 Å². The number of hydrogen-bond donors (Lipinski definition) is 0. The van der Waals surface area contributed by atoms with Crippen molar-refractivity contribution < 1.29 is 4.74 Å². The zero-order valence-electron chi connectivity index (χ0n) is 10.6. The van der Waals surface area contributed by atoms with Gasteiger partial charge in [-0.15, -0.1) is 0 Å². The Morgan fingerprint density at radius 1 is 1.20 bits per heavy atom. The summed E-state index contributed by atoms with van der Waals surface area (Å²) in [6.07, 6.45) is 4.42. The Morgan fingerprint density at radius 2 is 1.87 bits per heavy atom. The van der Waals surface area contributed by atoms with Crippen molar-refractivity contribution in [2.75, 3.05) is 13.1 Å². The van der Waals surface area contributed by atoms with E-state index in [0.29, 0.717) is 6.10 Å². The Balaban J connectivity index is 1.70. The van der Waals surface area contributed by atoms with Crippen molar-refractivity contribution in [1.29, 1.82) is 0 Å². The van der Waals surface area contributed by atoms with Gasteiger partial charge in [-0.2, -0.15) is 0 Å². The molecule has 88 valence electrons. The molecule has 0 bridgehead atoms. The highest BCUT2D eigenvalue weighted by atomic mass is 16.5. The first-order valence-corrected chi connectivity index (χ1v) is 6.36. The van der Waals surface area contributed by atoms with Crippen LogP contribution in [0.15, 0.2) is 0 Å². The number of rotatable bonds is 2. The second-order valence-electron chi connectivity index (χ2n) is 6.37. The quantitative estimate of drug-likeness (QED) is 0.696. The van der Waals surface area contributed by atoms with Crippen LogP contribution in [0, 0.1) is 5.92 Å². The Hall–Kier alpha value is -0.0800. The third-order valence-electron chi connectivity index (χ3n) is 3.56. The van der Waals surface area contributed by atoms with E-state index in [4.69, 9.17) is 4.74 Å². The topological polar surface area (TPSA) is 12.5 Å². The highest BCUT2D eigenvalue weighted by Crippen LogP contribution is 2.34. The van der Waals surface area contributed by atoms with Crippen LogP contribution < -0.4 is 0 Å². The van der Waals surface area contributed by atoms with Crippen LogP contribution in [0.1, 0.15) is 47.0 Å². The van der Waals surface area contributed by atoms with E-state index in [2.05, 4.69) is 32.6 Å². The maximum Gasteiger partial charge on any atom is 0.0612 e. The first-order chi connectivity index (χ1) is 6.94. The van der Waals surface area contributed by atoms with E-state index in [0.717, 1.165) is 12.0 Å². The Morgan fingerprint density at radius 3 is 2.33 bits per heavy atom. The molecular formula is C13H25NO. The normalized spacial score (nSPS) is 38.0. The highest BCUT2D eigenvalue weighted by Gasteiger charge is 2.38. The molecule has 0 N–H and O–H groups in total. The van der Waals surface area contributed by atoms with Crippen molar-refractivity contribution in [3.8, 4) is 0 Å². The first-order valence-electron chi connectivity index (χ1n) is 6.36. The van der Waals surface area contributed by atoms with E-state index in [-0.39, 0.29) is 5.60 Å². The third-order valence-corrected chi connectivity index (χ3v) is 3.56. The van der Waals surface area contributed by atoms with Crippen LogP contribution in [-0.2, 0) is 4.74 Å². The van der Waals surface area contributed by atoms with Crippen LogP contribution in [0.5, 0.6) is 0 Å². The van der Waals surface area contributed by atoms with E-state index in [1.54, 1.807) is 0 Å². The molecule has 1 saturated heterocycles. The van der Waals surface area contributed by atoms with Gasteiger partial charge in [-0.05, 0) is 52.5 Å². The summed E-state index contributed by atoms with van der Waals surface area (Å²) >= 11 is 0. The SMILES string of the molecule is C[C@H]1CCN(C2CC(OC(C)(C)C)C2)C1. The predicted molar refractivity (Wildman–Crippen MR) is 63.0 cm³/mol. The van der Waals surface area contributed by atoms with Gasteiger partial charge in [-0.25, -0.2) is 0 Å². The van der Waals surface area contributed by atoms with Crippen LogP contribution in [0.4, 0.5) is 0 Å². The third kappa shape index (κ3) is 2.94. The molecular weight excluding hydrogens is 186 g/mol. The van der Waals surface area contributed by atoms with Gasteiger partial charge in [0.05, 0.1) is 11.7 Å². The van der Waals surface area contributed by atoms with Gasteiger partial charge in [0.25, 0.3) is 0 Å². The van der Waals surface area contributed by atoms with E-state index in [1.807, 2.05) is 0 Å². The lowest BCUT2D eigenvalue weighted by Gasteiger charge is -2.43. The molecule has 1 atom stereocenters. The molecule has 0 aromatic rings. The van der Waals surface area contributed by atoms with Crippen LogP contribution in [-0.4, -0.2) is 35.7 Å². The average molecular weight is 211 g/mol. The second kappa shape index (κ2) is 4.06. The molecule has 2 heteroatoms. The van der Waals surface area contributed by atoms with Crippen LogP contribution in [0.25, 0.3) is 0 Å². The minimum Gasteiger partial charge on any atom is -0.373 e. The van der Waals surface area contributed by atoms with Crippen molar-refractivity contribution in [1.82, 2.24) is 4.90 Å². The molecule has 2 rings (SSSR count). The van der Waals surface area contributed by atoms with Crippen molar-refractivity contribution in [2.24, 2.45) is 5.92 Å². The molecule has 15 heavy (non-hydrogen) atoms. The summed E-state index contributed by atoms with van der Waals surface area (Å²) in [5.41, 5.74) is 0.0357. The summed E-state index contributed by atoms with van der Waals surface area (Å²) in [6, 6.07) is 0.822. The molecule has 1 saturated carbocycles.